The smallest absolute Gasteiger partial charge is 0.329 e. The van der Waals surface area contributed by atoms with Crippen LogP contribution in [0.15, 0.2) is 107 Å². The van der Waals surface area contributed by atoms with Gasteiger partial charge >= 0.3 is 11.8 Å². The first-order valence-corrected chi connectivity index (χ1v) is 13.5. The average molecular weight is 615 g/mol. The van der Waals surface area contributed by atoms with Crippen LogP contribution in [0, 0.1) is 0 Å². The molecule has 208 valence electrons. The van der Waals surface area contributed by atoms with E-state index in [1.807, 2.05) is 37.3 Å². The fourth-order valence-electron chi connectivity index (χ4n) is 3.64. The number of amides is 3. The van der Waals surface area contributed by atoms with Gasteiger partial charge in [-0.25, -0.2) is 5.43 Å². The van der Waals surface area contributed by atoms with Gasteiger partial charge in [-0.2, -0.15) is 5.10 Å². The highest BCUT2D eigenvalue weighted by Crippen LogP contribution is 2.21. The molecule has 0 aromatic heterocycles. The summed E-state index contributed by atoms with van der Waals surface area (Å²) in [7, 11) is 0. The molecule has 0 spiro atoms. The normalized spacial score (nSPS) is 10.6. The van der Waals surface area contributed by atoms with Gasteiger partial charge < -0.3 is 20.1 Å². The minimum atomic E-state index is -1.00. The van der Waals surface area contributed by atoms with Gasteiger partial charge in [-0.1, -0.05) is 52.3 Å². The fraction of sp³-hybridized carbons (Fsp3) is 0.0968. The van der Waals surface area contributed by atoms with Crippen LogP contribution in [-0.4, -0.2) is 30.5 Å². The lowest BCUT2D eigenvalue weighted by molar-refractivity contribution is -0.136. The Bertz CT molecular complexity index is 1540. The summed E-state index contributed by atoms with van der Waals surface area (Å²) < 4.78 is 12.3. The van der Waals surface area contributed by atoms with Gasteiger partial charge in [-0.3, -0.25) is 14.4 Å². The predicted octanol–water partition coefficient (Wildman–Crippen LogP) is 5.77. The molecule has 9 nitrogen and oxygen atoms in total. The molecule has 0 radical (unpaired) electrons. The highest BCUT2D eigenvalue weighted by molar-refractivity contribution is 9.10. The predicted molar refractivity (Wildman–Crippen MR) is 161 cm³/mol. The topological polar surface area (TPSA) is 118 Å². The zero-order valence-electron chi connectivity index (χ0n) is 22.1. The number of carbonyl (C=O) groups excluding carboxylic acids is 3. The Morgan fingerprint density at radius 3 is 2.27 bits per heavy atom. The molecule has 0 heterocycles. The number of benzene rings is 4. The Balaban J connectivity index is 1.34. The van der Waals surface area contributed by atoms with Crippen molar-refractivity contribution in [2.75, 3.05) is 17.2 Å². The number of anilines is 2. The van der Waals surface area contributed by atoms with Crippen molar-refractivity contribution in [3.8, 4) is 11.5 Å². The number of hydrogen-bond donors (Lipinski definition) is 3. The van der Waals surface area contributed by atoms with Crippen molar-refractivity contribution in [1.82, 2.24) is 5.43 Å². The number of hydrogen-bond acceptors (Lipinski definition) is 6. The molecule has 0 saturated carbocycles. The SMILES string of the molecule is CCOc1ccc(NC(=O)c2ccccc2NC(=O)C(=O)N/N=C/c2ccccc2OCc2ccc(Br)cc2)cc1. The Morgan fingerprint density at radius 2 is 1.51 bits per heavy atom. The first kappa shape index (κ1) is 29.0. The summed E-state index contributed by atoms with van der Waals surface area (Å²) in [6, 6.07) is 28.2. The van der Waals surface area contributed by atoms with E-state index in [9.17, 15) is 14.4 Å². The summed E-state index contributed by atoms with van der Waals surface area (Å²) >= 11 is 3.41. The lowest BCUT2D eigenvalue weighted by Gasteiger charge is -2.11. The van der Waals surface area contributed by atoms with Crippen molar-refractivity contribution < 1.29 is 23.9 Å². The van der Waals surface area contributed by atoms with Crippen molar-refractivity contribution in [3.05, 3.63) is 118 Å². The molecule has 0 aliphatic carbocycles. The maximum absolute atomic E-state index is 12.9. The van der Waals surface area contributed by atoms with E-state index < -0.39 is 17.7 Å². The second kappa shape index (κ2) is 14.4. The molecule has 3 amide bonds. The van der Waals surface area contributed by atoms with E-state index in [4.69, 9.17) is 9.47 Å². The lowest BCUT2D eigenvalue weighted by atomic mass is 10.1. The van der Waals surface area contributed by atoms with Crippen LogP contribution >= 0.6 is 15.9 Å². The Kier molecular flexibility index (Phi) is 10.2. The molecule has 0 fully saturated rings. The van der Waals surface area contributed by atoms with Crippen molar-refractivity contribution in [2.45, 2.75) is 13.5 Å². The summed E-state index contributed by atoms with van der Waals surface area (Å²) in [5.74, 6) is -1.20. The van der Waals surface area contributed by atoms with Gasteiger partial charge in [0, 0.05) is 15.7 Å². The van der Waals surface area contributed by atoms with Crippen LogP contribution in [-0.2, 0) is 16.2 Å². The van der Waals surface area contributed by atoms with E-state index in [0.29, 0.717) is 36.0 Å². The van der Waals surface area contributed by atoms with Crippen LogP contribution in [0.1, 0.15) is 28.4 Å². The summed E-state index contributed by atoms with van der Waals surface area (Å²) in [4.78, 5) is 37.9. The average Bonchev–Trinajstić information content (AvgIpc) is 2.98. The van der Waals surface area contributed by atoms with E-state index in [1.54, 1.807) is 60.7 Å². The molecule has 0 bridgehead atoms. The van der Waals surface area contributed by atoms with Crippen LogP contribution in [0.4, 0.5) is 11.4 Å². The van der Waals surface area contributed by atoms with E-state index >= 15 is 0 Å². The number of carbonyl (C=O) groups is 3. The summed E-state index contributed by atoms with van der Waals surface area (Å²) in [5.41, 5.74) is 4.71. The molecule has 4 rings (SSSR count). The van der Waals surface area contributed by atoms with E-state index in [-0.39, 0.29) is 11.3 Å². The van der Waals surface area contributed by atoms with Gasteiger partial charge in [-0.15, -0.1) is 0 Å². The molecule has 10 heteroatoms. The molecule has 0 aliphatic rings. The van der Waals surface area contributed by atoms with Crippen LogP contribution in [0.3, 0.4) is 0 Å². The molecule has 0 saturated heterocycles. The molecule has 4 aromatic carbocycles. The Labute approximate surface area is 245 Å². The maximum Gasteiger partial charge on any atom is 0.329 e. The minimum Gasteiger partial charge on any atom is -0.494 e. The maximum atomic E-state index is 12.9. The third-order valence-corrected chi connectivity index (χ3v) is 6.17. The number of para-hydroxylation sites is 2. The number of nitrogens with one attached hydrogen (secondary N) is 3. The number of rotatable bonds is 10. The largest absolute Gasteiger partial charge is 0.494 e. The highest BCUT2D eigenvalue weighted by atomic mass is 79.9. The third-order valence-electron chi connectivity index (χ3n) is 5.65. The number of ether oxygens (including phenoxy) is 2. The van der Waals surface area contributed by atoms with Gasteiger partial charge in [0.25, 0.3) is 5.91 Å². The lowest BCUT2D eigenvalue weighted by Crippen LogP contribution is -2.33. The van der Waals surface area contributed by atoms with Crippen LogP contribution in [0.2, 0.25) is 0 Å². The quantitative estimate of drug-likeness (QED) is 0.119. The number of nitrogens with zero attached hydrogens (tertiary/aromatic N) is 1. The first-order valence-electron chi connectivity index (χ1n) is 12.7. The Hall–Kier alpha value is -4.96. The van der Waals surface area contributed by atoms with Crippen LogP contribution < -0.4 is 25.5 Å². The zero-order valence-corrected chi connectivity index (χ0v) is 23.7. The van der Waals surface area contributed by atoms with E-state index in [2.05, 4.69) is 37.1 Å². The van der Waals surface area contributed by atoms with Crippen molar-refractivity contribution >= 4 is 51.2 Å². The van der Waals surface area contributed by atoms with Crippen LogP contribution in [0.25, 0.3) is 0 Å². The second-order valence-electron chi connectivity index (χ2n) is 8.56. The zero-order chi connectivity index (χ0) is 29.0. The van der Waals surface area contributed by atoms with Gasteiger partial charge in [0.2, 0.25) is 0 Å². The fourth-order valence-corrected chi connectivity index (χ4v) is 3.90. The summed E-state index contributed by atoms with van der Waals surface area (Å²) in [6.45, 7) is 2.76. The molecule has 0 aliphatic heterocycles. The van der Waals surface area contributed by atoms with Gasteiger partial charge in [0.15, 0.2) is 0 Å². The molecule has 3 N–H and O–H groups in total. The molecular weight excluding hydrogens is 588 g/mol. The molecular formula is C31H27BrN4O5. The third kappa shape index (κ3) is 8.51. The van der Waals surface area contributed by atoms with E-state index in [1.165, 1.54) is 12.3 Å². The van der Waals surface area contributed by atoms with Crippen LogP contribution in [0.5, 0.6) is 11.5 Å². The first-order chi connectivity index (χ1) is 19.9. The molecule has 0 atom stereocenters. The monoisotopic (exact) mass is 614 g/mol. The number of hydrazone groups is 1. The van der Waals surface area contributed by atoms with E-state index in [0.717, 1.165) is 10.0 Å². The van der Waals surface area contributed by atoms with Gasteiger partial charge in [0.1, 0.15) is 18.1 Å². The Morgan fingerprint density at radius 1 is 0.805 bits per heavy atom. The van der Waals surface area contributed by atoms with Crippen molar-refractivity contribution in [3.63, 3.8) is 0 Å². The molecule has 41 heavy (non-hydrogen) atoms. The highest BCUT2D eigenvalue weighted by Gasteiger charge is 2.18. The number of halogens is 1. The molecule has 0 unspecified atom stereocenters. The molecule has 4 aromatic rings. The minimum absolute atomic E-state index is 0.173. The second-order valence-corrected chi connectivity index (χ2v) is 9.48. The van der Waals surface area contributed by atoms with Crippen molar-refractivity contribution in [1.29, 1.82) is 0 Å². The summed E-state index contributed by atoms with van der Waals surface area (Å²) in [6.07, 6.45) is 1.39. The standard InChI is InChI=1S/C31H27BrN4O5/c1-2-40-25-17-15-24(16-18-25)34-29(37)26-8-4-5-9-27(26)35-30(38)31(39)36-33-19-22-7-3-6-10-28(22)41-20-21-11-13-23(32)14-12-21/h3-19H,2,20H2,1H3,(H,34,37)(H,35,38)(H,36,39)/b33-19+. The van der Waals surface area contributed by atoms with Gasteiger partial charge in [0.05, 0.1) is 24.1 Å². The summed E-state index contributed by atoms with van der Waals surface area (Å²) in [5, 5.41) is 9.14. The van der Waals surface area contributed by atoms with Crippen molar-refractivity contribution in [2.24, 2.45) is 5.10 Å². The van der Waals surface area contributed by atoms with Gasteiger partial charge in [-0.05, 0) is 73.2 Å².